The lowest BCUT2D eigenvalue weighted by atomic mass is 10.1. The van der Waals surface area contributed by atoms with Gasteiger partial charge in [0.05, 0.1) is 0 Å². The SMILES string of the molecule is C=Cc1ccc(CN([Si](C)(C)C)[Si](C)(C)C)cc1. The first-order valence-corrected chi connectivity index (χ1v) is 13.5. The molecule has 1 nitrogen and oxygen atoms in total. The molecule has 0 aromatic heterocycles. The molecule has 1 aromatic carbocycles. The van der Waals surface area contributed by atoms with Crippen LogP contribution < -0.4 is 0 Å². The van der Waals surface area contributed by atoms with Crippen LogP contribution >= 0.6 is 0 Å². The van der Waals surface area contributed by atoms with Gasteiger partial charge in [-0.2, -0.15) is 0 Å². The summed E-state index contributed by atoms with van der Waals surface area (Å²) < 4.78 is 2.81. The minimum absolute atomic E-state index is 1.10. The molecule has 100 valence electrons. The van der Waals surface area contributed by atoms with Crippen LogP contribution in [0.1, 0.15) is 11.1 Å². The predicted molar refractivity (Wildman–Crippen MR) is 88.8 cm³/mol. The first-order chi connectivity index (χ1) is 8.14. The summed E-state index contributed by atoms with van der Waals surface area (Å²) in [5.74, 6) is 0. The molecule has 0 amide bonds. The summed E-state index contributed by atoms with van der Waals surface area (Å²) in [5.41, 5.74) is 2.62. The van der Waals surface area contributed by atoms with Gasteiger partial charge in [0.15, 0.2) is 0 Å². The van der Waals surface area contributed by atoms with Crippen LogP contribution in [0, 0.1) is 0 Å². The molecule has 1 aromatic rings. The highest BCUT2D eigenvalue weighted by Gasteiger charge is 2.33. The zero-order valence-corrected chi connectivity index (χ0v) is 14.7. The van der Waals surface area contributed by atoms with Gasteiger partial charge in [0, 0.05) is 6.54 Å². The molecule has 3 heteroatoms. The van der Waals surface area contributed by atoms with E-state index in [-0.39, 0.29) is 0 Å². The lowest BCUT2D eigenvalue weighted by Gasteiger charge is -2.43. The van der Waals surface area contributed by atoms with Gasteiger partial charge in [-0.25, -0.2) is 0 Å². The fourth-order valence-electron chi connectivity index (χ4n) is 2.42. The molecular formula is C15H27NSi2. The lowest BCUT2D eigenvalue weighted by molar-refractivity contribution is 0.612. The van der Waals surface area contributed by atoms with Crippen molar-refractivity contribution in [2.24, 2.45) is 0 Å². The molecule has 0 aliphatic rings. The maximum Gasteiger partial charge on any atom is 0.112 e. The molecule has 1 rings (SSSR count). The Morgan fingerprint density at radius 1 is 0.944 bits per heavy atom. The van der Waals surface area contributed by atoms with Crippen LogP contribution in [-0.4, -0.2) is 20.7 Å². The zero-order chi connectivity index (χ0) is 14.0. The fourth-order valence-corrected chi connectivity index (χ4v) is 11.8. The first kappa shape index (κ1) is 15.4. The molecule has 0 aliphatic carbocycles. The zero-order valence-electron chi connectivity index (χ0n) is 12.7. The van der Waals surface area contributed by atoms with Crippen molar-refractivity contribution in [3.8, 4) is 0 Å². The normalized spacial score (nSPS) is 12.8. The van der Waals surface area contributed by atoms with Gasteiger partial charge in [-0.3, -0.25) is 0 Å². The van der Waals surface area contributed by atoms with Crippen molar-refractivity contribution in [1.29, 1.82) is 0 Å². The smallest absolute Gasteiger partial charge is 0.112 e. The van der Waals surface area contributed by atoms with Crippen molar-refractivity contribution in [2.45, 2.75) is 45.8 Å². The number of hydrogen-bond acceptors (Lipinski definition) is 1. The molecule has 0 fully saturated rings. The van der Waals surface area contributed by atoms with Crippen LogP contribution in [0.25, 0.3) is 6.08 Å². The van der Waals surface area contributed by atoms with Gasteiger partial charge in [0.1, 0.15) is 16.5 Å². The molecule has 0 aliphatic heterocycles. The molecule has 0 unspecified atom stereocenters. The monoisotopic (exact) mass is 277 g/mol. The topological polar surface area (TPSA) is 3.24 Å². The van der Waals surface area contributed by atoms with Crippen molar-refractivity contribution in [2.75, 3.05) is 0 Å². The van der Waals surface area contributed by atoms with E-state index < -0.39 is 16.5 Å². The predicted octanol–water partition coefficient (Wildman–Crippen LogP) is 4.80. The molecule has 18 heavy (non-hydrogen) atoms. The molecule has 0 N–H and O–H groups in total. The van der Waals surface area contributed by atoms with E-state index in [9.17, 15) is 0 Å². The molecule has 0 heterocycles. The van der Waals surface area contributed by atoms with Crippen molar-refractivity contribution >= 4 is 22.5 Å². The highest BCUT2D eigenvalue weighted by atomic mass is 28.4. The standard InChI is InChI=1S/C15H27NSi2/c1-8-14-9-11-15(12-10-14)13-16(17(2,3)4)18(5,6)7/h8-12H,1,13H2,2-7H3. The van der Waals surface area contributed by atoms with Crippen LogP contribution in [0.5, 0.6) is 0 Å². The Balaban J connectivity index is 2.93. The van der Waals surface area contributed by atoms with Crippen molar-refractivity contribution < 1.29 is 0 Å². The molecule has 0 saturated carbocycles. The largest absolute Gasteiger partial charge is 0.342 e. The summed E-state index contributed by atoms with van der Waals surface area (Å²) in [6.07, 6.45) is 1.90. The van der Waals surface area contributed by atoms with Crippen LogP contribution in [-0.2, 0) is 6.54 Å². The van der Waals surface area contributed by atoms with Gasteiger partial charge in [0.25, 0.3) is 0 Å². The van der Waals surface area contributed by atoms with Crippen LogP contribution in [0.15, 0.2) is 30.8 Å². The van der Waals surface area contributed by atoms with Gasteiger partial charge >= 0.3 is 0 Å². The lowest BCUT2D eigenvalue weighted by Crippen LogP contribution is -2.58. The highest BCUT2D eigenvalue weighted by Crippen LogP contribution is 2.22. The van der Waals surface area contributed by atoms with Gasteiger partial charge < -0.3 is 4.23 Å². The van der Waals surface area contributed by atoms with E-state index >= 15 is 0 Å². The highest BCUT2D eigenvalue weighted by molar-refractivity contribution is 6.89. The summed E-state index contributed by atoms with van der Waals surface area (Å²) in [7, 11) is -2.50. The summed E-state index contributed by atoms with van der Waals surface area (Å²) in [5, 5.41) is 0. The second kappa shape index (κ2) is 5.55. The molecule has 0 bridgehead atoms. The Hall–Kier alpha value is -0.646. The maximum atomic E-state index is 3.80. The van der Waals surface area contributed by atoms with Gasteiger partial charge in [-0.05, 0) is 11.1 Å². The quantitative estimate of drug-likeness (QED) is 0.699. The van der Waals surface area contributed by atoms with E-state index in [0.29, 0.717) is 0 Å². The van der Waals surface area contributed by atoms with Crippen LogP contribution in [0.2, 0.25) is 39.3 Å². The van der Waals surface area contributed by atoms with E-state index in [1.807, 2.05) is 6.08 Å². The van der Waals surface area contributed by atoms with E-state index in [0.717, 1.165) is 6.54 Å². The Morgan fingerprint density at radius 2 is 1.39 bits per heavy atom. The number of nitrogens with zero attached hydrogens (tertiary/aromatic N) is 1. The maximum absolute atomic E-state index is 3.80. The Labute approximate surface area is 115 Å². The third kappa shape index (κ3) is 4.23. The van der Waals surface area contributed by atoms with Gasteiger partial charge in [0.2, 0.25) is 0 Å². The van der Waals surface area contributed by atoms with Crippen molar-refractivity contribution in [3.63, 3.8) is 0 Å². The van der Waals surface area contributed by atoms with Gasteiger partial charge in [-0.15, -0.1) is 0 Å². The second-order valence-corrected chi connectivity index (χ2v) is 17.1. The molecular weight excluding hydrogens is 250 g/mol. The Kier molecular flexibility index (Phi) is 4.75. The van der Waals surface area contributed by atoms with Crippen LogP contribution in [0.4, 0.5) is 0 Å². The third-order valence-corrected chi connectivity index (χ3v) is 10.8. The van der Waals surface area contributed by atoms with E-state index in [2.05, 4.69) is 74.4 Å². The molecule has 0 saturated heterocycles. The Morgan fingerprint density at radius 3 is 1.72 bits per heavy atom. The summed E-state index contributed by atoms with van der Waals surface area (Å²) in [6, 6.07) is 8.80. The van der Waals surface area contributed by atoms with E-state index in [1.54, 1.807) is 0 Å². The second-order valence-electron chi connectivity index (χ2n) is 6.87. The average Bonchev–Trinajstić information content (AvgIpc) is 2.23. The van der Waals surface area contributed by atoms with Crippen molar-refractivity contribution in [3.05, 3.63) is 42.0 Å². The third-order valence-electron chi connectivity index (χ3n) is 3.18. The molecule has 0 atom stereocenters. The summed E-state index contributed by atoms with van der Waals surface area (Å²) >= 11 is 0. The van der Waals surface area contributed by atoms with E-state index in [1.165, 1.54) is 11.1 Å². The fraction of sp³-hybridized carbons (Fsp3) is 0.467. The number of hydrogen-bond donors (Lipinski definition) is 0. The molecule has 0 radical (unpaired) electrons. The van der Waals surface area contributed by atoms with E-state index in [4.69, 9.17) is 0 Å². The first-order valence-electron chi connectivity index (χ1n) is 6.64. The minimum atomic E-state index is -1.25. The number of rotatable bonds is 5. The summed E-state index contributed by atoms with van der Waals surface area (Å²) in [6.45, 7) is 19.6. The average molecular weight is 278 g/mol. The Bertz CT molecular complexity index is 382. The van der Waals surface area contributed by atoms with Crippen LogP contribution in [0.3, 0.4) is 0 Å². The number of benzene rings is 1. The summed E-state index contributed by atoms with van der Waals surface area (Å²) in [4.78, 5) is 0. The van der Waals surface area contributed by atoms with Crippen molar-refractivity contribution in [1.82, 2.24) is 4.23 Å². The molecule has 0 spiro atoms. The van der Waals surface area contributed by atoms with Gasteiger partial charge in [-0.1, -0.05) is 76.2 Å². The minimum Gasteiger partial charge on any atom is -0.342 e.